The summed E-state index contributed by atoms with van der Waals surface area (Å²) < 4.78 is 0. The number of imide groups is 1. The van der Waals surface area contributed by atoms with Gasteiger partial charge in [-0.3, -0.25) is 9.69 Å². The van der Waals surface area contributed by atoms with E-state index in [1.807, 2.05) is 35.7 Å². The molecule has 2 fully saturated rings. The largest absolute Gasteiger partial charge is 0.325 e. The van der Waals surface area contributed by atoms with Gasteiger partial charge in [0.05, 0.1) is 6.54 Å². The third kappa shape index (κ3) is 3.85. The number of thiazole rings is 1. The van der Waals surface area contributed by atoms with Crippen molar-refractivity contribution in [3.8, 4) is 0 Å². The number of nitrogens with one attached hydrogen (secondary N) is 2. The van der Waals surface area contributed by atoms with Crippen LogP contribution in [0, 0.1) is 5.92 Å². The molecule has 0 spiro atoms. The third-order valence-corrected chi connectivity index (χ3v) is 6.11. The lowest BCUT2D eigenvalue weighted by molar-refractivity contribution is -0.134. The number of benzene rings is 1. The molecule has 3 amide bonds. The van der Waals surface area contributed by atoms with Gasteiger partial charge < -0.3 is 10.6 Å². The zero-order chi connectivity index (χ0) is 18.0. The van der Waals surface area contributed by atoms with E-state index in [0.29, 0.717) is 6.42 Å². The fraction of sp³-hybridized carbons (Fsp3) is 0.421. The van der Waals surface area contributed by atoms with Gasteiger partial charge in [0.15, 0.2) is 0 Å². The summed E-state index contributed by atoms with van der Waals surface area (Å²) in [6, 6.07) is 9.64. The molecular formula is C19H23ClN4O2S. The molecule has 144 valence electrons. The Hall–Kier alpha value is -1.96. The maximum absolute atomic E-state index is 13.5. The van der Waals surface area contributed by atoms with Crippen molar-refractivity contribution in [1.29, 1.82) is 0 Å². The average molecular weight is 407 g/mol. The van der Waals surface area contributed by atoms with E-state index in [-0.39, 0.29) is 36.8 Å². The van der Waals surface area contributed by atoms with Crippen molar-refractivity contribution in [3.63, 3.8) is 0 Å². The molecule has 2 N–H and O–H groups in total. The van der Waals surface area contributed by atoms with Crippen molar-refractivity contribution in [1.82, 2.24) is 20.5 Å². The highest BCUT2D eigenvalue weighted by Crippen LogP contribution is 2.35. The predicted octanol–water partition coefficient (Wildman–Crippen LogP) is 2.60. The topological polar surface area (TPSA) is 74.3 Å². The number of carbonyl (C=O) groups excluding carboxylic acids is 2. The zero-order valence-electron chi connectivity index (χ0n) is 14.9. The Bertz CT molecular complexity index is 780. The van der Waals surface area contributed by atoms with Gasteiger partial charge in [0.2, 0.25) is 0 Å². The van der Waals surface area contributed by atoms with Gasteiger partial charge in [0.25, 0.3) is 5.91 Å². The van der Waals surface area contributed by atoms with Crippen LogP contribution in [0.25, 0.3) is 0 Å². The Morgan fingerprint density at radius 2 is 1.93 bits per heavy atom. The third-order valence-electron chi connectivity index (χ3n) is 5.34. The standard InChI is InChI=1S/C19H22N4O2S.ClH/c24-17-19(15-6-8-20-9-7-15,12-14-4-2-1-3-5-14)22-18(25)23(17)13-16-21-10-11-26-16;/h1-5,10-11,15,20H,6-9,12-13H2,(H,22,25);1H. The smallest absolute Gasteiger partial charge is 0.322 e. The van der Waals surface area contributed by atoms with Gasteiger partial charge in [0, 0.05) is 18.0 Å². The number of piperidine rings is 1. The van der Waals surface area contributed by atoms with Gasteiger partial charge >= 0.3 is 6.03 Å². The lowest BCUT2D eigenvalue weighted by Gasteiger charge is -2.38. The van der Waals surface area contributed by atoms with Gasteiger partial charge in [-0.05, 0) is 37.4 Å². The van der Waals surface area contributed by atoms with Crippen molar-refractivity contribution in [2.75, 3.05) is 13.1 Å². The molecule has 3 heterocycles. The summed E-state index contributed by atoms with van der Waals surface area (Å²) in [6.07, 6.45) is 3.98. The minimum atomic E-state index is -0.863. The first kappa shape index (κ1) is 19.8. The molecule has 1 atom stereocenters. The fourth-order valence-corrected chi connectivity index (χ4v) is 4.63. The zero-order valence-corrected chi connectivity index (χ0v) is 16.5. The molecular weight excluding hydrogens is 384 g/mol. The molecule has 0 bridgehead atoms. The Morgan fingerprint density at radius 3 is 2.59 bits per heavy atom. The molecule has 4 rings (SSSR count). The summed E-state index contributed by atoms with van der Waals surface area (Å²) in [4.78, 5) is 31.7. The number of nitrogens with zero attached hydrogens (tertiary/aromatic N) is 2. The van der Waals surface area contributed by atoms with Crippen LogP contribution in [0.4, 0.5) is 4.79 Å². The number of hydrogen-bond donors (Lipinski definition) is 2. The Morgan fingerprint density at radius 1 is 1.19 bits per heavy atom. The Balaban J connectivity index is 0.00000210. The van der Waals surface area contributed by atoms with Crippen LogP contribution < -0.4 is 10.6 Å². The first-order chi connectivity index (χ1) is 12.7. The molecule has 2 saturated heterocycles. The van der Waals surface area contributed by atoms with E-state index in [9.17, 15) is 9.59 Å². The summed E-state index contributed by atoms with van der Waals surface area (Å²) in [5, 5.41) is 9.06. The van der Waals surface area contributed by atoms with Crippen molar-refractivity contribution >= 4 is 35.7 Å². The molecule has 1 aromatic carbocycles. The molecule has 6 nitrogen and oxygen atoms in total. The van der Waals surface area contributed by atoms with E-state index in [4.69, 9.17) is 0 Å². The molecule has 2 aliphatic rings. The minimum absolute atomic E-state index is 0. The molecule has 1 aromatic heterocycles. The first-order valence-electron chi connectivity index (χ1n) is 8.96. The van der Waals surface area contributed by atoms with Gasteiger partial charge in [-0.1, -0.05) is 30.3 Å². The van der Waals surface area contributed by atoms with E-state index in [2.05, 4.69) is 15.6 Å². The normalized spacial score (nSPS) is 23.2. The number of urea groups is 1. The number of rotatable bonds is 5. The highest BCUT2D eigenvalue weighted by molar-refractivity contribution is 7.09. The van der Waals surface area contributed by atoms with E-state index >= 15 is 0 Å². The molecule has 0 radical (unpaired) electrons. The van der Waals surface area contributed by atoms with Crippen LogP contribution in [0.3, 0.4) is 0 Å². The van der Waals surface area contributed by atoms with E-state index in [1.165, 1.54) is 16.2 Å². The van der Waals surface area contributed by atoms with Crippen LogP contribution in [0.1, 0.15) is 23.4 Å². The second-order valence-electron chi connectivity index (χ2n) is 6.91. The second-order valence-corrected chi connectivity index (χ2v) is 7.88. The van der Waals surface area contributed by atoms with Crippen LogP contribution in [-0.2, 0) is 17.8 Å². The first-order valence-corrected chi connectivity index (χ1v) is 9.84. The maximum Gasteiger partial charge on any atom is 0.325 e. The summed E-state index contributed by atoms with van der Waals surface area (Å²) in [5.41, 5.74) is 0.202. The number of amides is 3. The molecule has 2 aliphatic heterocycles. The lowest BCUT2D eigenvalue weighted by Crippen LogP contribution is -2.57. The monoisotopic (exact) mass is 406 g/mol. The van der Waals surface area contributed by atoms with E-state index < -0.39 is 5.54 Å². The van der Waals surface area contributed by atoms with Crippen LogP contribution in [0.5, 0.6) is 0 Å². The van der Waals surface area contributed by atoms with Crippen LogP contribution in [0.15, 0.2) is 41.9 Å². The van der Waals surface area contributed by atoms with Crippen molar-refractivity contribution in [3.05, 3.63) is 52.5 Å². The Labute approximate surface area is 168 Å². The molecule has 27 heavy (non-hydrogen) atoms. The molecule has 2 aromatic rings. The van der Waals surface area contributed by atoms with Gasteiger partial charge in [-0.2, -0.15) is 0 Å². The highest BCUT2D eigenvalue weighted by Gasteiger charge is 2.55. The number of aromatic nitrogens is 1. The van der Waals surface area contributed by atoms with Crippen molar-refractivity contribution < 1.29 is 9.59 Å². The predicted molar refractivity (Wildman–Crippen MR) is 107 cm³/mol. The Kier molecular flexibility index (Phi) is 6.14. The minimum Gasteiger partial charge on any atom is -0.322 e. The second kappa shape index (κ2) is 8.37. The molecule has 0 saturated carbocycles. The summed E-state index contributed by atoms with van der Waals surface area (Å²) in [5.74, 6) is 0.00940. The quantitative estimate of drug-likeness (QED) is 0.748. The molecule has 1 unspecified atom stereocenters. The van der Waals surface area contributed by atoms with Gasteiger partial charge in [0.1, 0.15) is 10.5 Å². The van der Waals surface area contributed by atoms with E-state index in [0.717, 1.165) is 36.5 Å². The maximum atomic E-state index is 13.5. The molecule has 0 aliphatic carbocycles. The average Bonchev–Trinajstić information content (AvgIpc) is 3.27. The van der Waals surface area contributed by atoms with Crippen molar-refractivity contribution in [2.45, 2.75) is 31.3 Å². The van der Waals surface area contributed by atoms with Gasteiger partial charge in [-0.15, -0.1) is 23.7 Å². The fourth-order valence-electron chi connectivity index (χ4n) is 4.03. The SMILES string of the molecule is Cl.O=C1NC(Cc2ccccc2)(C2CCNCC2)C(=O)N1Cc1nccs1. The van der Waals surface area contributed by atoms with Gasteiger partial charge in [-0.25, -0.2) is 9.78 Å². The summed E-state index contributed by atoms with van der Waals surface area (Å²) in [7, 11) is 0. The lowest BCUT2D eigenvalue weighted by atomic mass is 9.74. The van der Waals surface area contributed by atoms with Crippen LogP contribution >= 0.6 is 23.7 Å². The van der Waals surface area contributed by atoms with E-state index in [1.54, 1.807) is 6.20 Å². The molecule has 8 heteroatoms. The number of hydrogen-bond acceptors (Lipinski definition) is 5. The van der Waals surface area contributed by atoms with Crippen molar-refractivity contribution in [2.24, 2.45) is 5.92 Å². The number of halogens is 1. The summed E-state index contributed by atoms with van der Waals surface area (Å²) in [6.45, 7) is 1.98. The summed E-state index contributed by atoms with van der Waals surface area (Å²) >= 11 is 1.46. The van der Waals surface area contributed by atoms with Crippen LogP contribution in [0.2, 0.25) is 0 Å². The van der Waals surface area contributed by atoms with Crippen LogP contribution in [-0.4, -0.2) is 40.5 Å². The highest BCUT2D eigenvalue weighted by atomic mass is 35.5. The number of carbonyl (C=O) groups is 2.